The van der Waals surface area contributed by atoms with E-state index in [4.69, 9.17) is 19.5 Å². The number of benzene rings is 2. The van der Waals surface area contributed by atoms with Crippen LogP contribution in [0.1, 0.15) is 21.6 Å². The highest BCUT2D eigenvalue weighted by Gasteiger charge is 2.18. The molecule has 0 atom stereocenters. The molecular weight excluding hydrogens is 402 g/mol. The standard InChI is InChI=1S/C22H21N3O4S/c1-27-18-9-8-16(20(28-2)21(18)29-3)11-19(26)25-22-24-13-17(30-22)10-14-4-6-15(12-23)7-5-14/h4-9,13H,10-11H2,1-3H3,(H,24,25,26). The van der Waals surface area contributed by atoms with E-state index in [2.05, 4.69) is 16.4 Å². The molecule has 30 heavy (non-hydrogen) atoms. The van der Waals surface area contributed by atoms with Gasteiger partial charge in [-0.25, -0.2) is 4.98 Å². The number of methoxy groups -OCH3 is 3. The Labute approximate surface area is 178 Å². The van der Waals surface area contributed by atoms with Crippen molar-refractivity contribution in [2.45, 2.75) is 12.8 Å². The average molecular weight is 423 g/mol. The molecule has 1 N–H and O–H groups in total. The summed E-state index contributed by atoms with van der Waals surface area (Å²) in [7, 11) is 4.59. The van der Waals surface area contributed by atoms with E-state index in [1.165, 1.54) is 25.6 Å². The number of nitrogens with one attached hydrogen (secondary N) is 1. The molecule has 0 aliphatic carbocycles. The smallest absolute Gasteiger partial charge is 0.230 e. The normalized spacial score (nSPS) is 10.2. The van der Waals surface area contributed by atoms with Gasteiger partial charge in [-0.1, -0.05) is 18.2 Å². The number of hydrogen-bond acceptors (Lipinski definition) is 7. The molecule has 0 saturated heterocycles. The maximum absolute atomic E-state index is 12.5. The Bertz CT molecular complexity index is 1070. The van der Waals surface area contributed by atoms with Crippen molar-refractivity contribution >= 4 is 22.4 Å². The summed E-state index contributed by atoms with van der Waals surface area (Å²) in [5.74, 6) is 1.24. The molecule has 3 rings (SSSR count). The summed E-state index contributed by atoms with van der Waals surface area (Å²) < 4.78 is 16.1. The van der Waals surface area contributed by atoms with Crippen molar-refractivity contribution in [1.82, 2.24) is 4.98 Å². The van der Waals surface area contributed by atoms with Crippen LogP contribution in [-0.4, -0.2) is 32.2 Å². The Morgan fingerprint density at radius 3 is 2.43 bits per heavy atom. The van der Waals surface area contributed by atoms with Crippen molar-refractivity contribution < 1.29 is 19.0 Å². The zero-order chi connectivity index (χ0) is 21.5. The number of thiazole rings is 1. The second-order valence-corrected chi connectivity index (χ2v) is 7.45. The lowest BCUT2D eigenvalue weighted by atomic mass is 10.1. The molecule has 1 aromatic heterocycles. The van der Waals surface area contributed by atoms with Gasteiger partial charge in [0.1, 0.15) is 0 Å². The van der Waals surface area contributed by atoms with Gasteiger partial charge in [0, 0.05) is 23.1 Å². The van der Waals surface area contributed by atoms with Crippen LogP contribution < -0.4 is 19.5 Å². The Morgan fingerprint density at radius 1 is 1.07 bits per heavy atom. The predicted octanol–water partition coefficient (Wildman–Crippen LogP) is 3.81. The Balaban J connectivity index is 1.66. The van der Waals surface area contributed by atoms with E-state index in [-0.39, 0.29) is 12.3 Å². The first kappa shape index (κ1) is 21.1. The SMILES string of the molecule is COc1ccc(CC(=O)Nc2ncc(Cc3ccc(C#N)cc3)s2)c(OC)c1OC. The molecule has 2 aromatic carbocycles. The quantitative estimate of drug-likeness (QED) is 0.592. The highest BCUT2D eigenvalue weighted by molar-refractivity contribution is 7.15. The van der Waals surface area contributed by atoms with Crippen molar-refractivity contribution in [3.05, 3.63) is 64.2 Å². The van der Waals surface area contributed by atoms with Crippen LogP contribution in [0.15, 0.2) is 42.6 Å². The minimum absolute atomic E-state index is 0.105. The van der Waals surface area contributed by atoms with Gasteiger partial charge < -0.3 is 19.5 Å². The van der Waals surface area contributed by atoms with Crippen molar-refractivity contribution in [1.29, 1.82) is 5.26 Å². The topological polar surface area (TPSA) is 93.5 Å². The van der Waals surface area contributed by atoms with Crippen LogP contribution in [0.25, 0.3) is 0 Å². The number of hydrogen-bond donors (Lipinski definition) is 1. The highest BCUT2D eigenvalue weighted by Crippen LogP contribution is 2.40. The van der Waals surface area contributed by atoms with Crippen LogP contribution in [0.2, 0.25) is 0 Å². The first-order chi connectivity index (χ1) is 14.6. The molecule has 0 bridgehead atoms. The number of carbonyl (C=O) groups excluding carboxylic acids is 1. The van der Waals surface area contributed by atoms with Gasteiger partial charge in [0.05, 0.1) is 39.4 Å². The van der Waals surface area contributed by atoms with Gasteiger partial charge in [-0.05, 0) is 23.8 Å². The summed E-state index contributed by atoms with van der Waals surface area (Å²) in [4.78, 5) is 17.8. The number of carbonyl (C=O) groups is 1. The van der Waals surface area contributed by atoms with E-state index in [1.54, 1.807) is 37.6 Å². The summed E-state index contributed by atoms with van der Waals surface area (Å²) >= 11 is 1.42. The third-order valence-corrected chi connectivity index (χ3v) is 5.31. The Hall–Kier alpha value is -3.57. The number of ether oxygens (including phenoxy) is 3. The van der Waals surface area contributed by atoms with Crippen LogP contribution in [0.5, 0.6) is 17.2 Å². The molecule has 154 valence electrons. The second-order valence-electron chi connectivity index (χ2n) is 6.34. The predicted molar refractivity (Wildman–Crippen MR) is 115 cm³/mol. The van der Waals surface area contributed by atoms with Crippen molar-refractivity contribution in [2.75, 3.05) is 26.6 Å². The van der Waals surface area contributed by atoms with Gasteiger partial charge >= 0.3 is 0 Å². The number of amides is 1. The third-order valence-electron chi connectivity index (χ3n) is 4.40. The van der Waals surface area contributed by atoms with Gasteiger partial charge in [0.15, 0.2) is 16.6 Å². The van der Waals surface area contributed by atoms with Crippen LogP contribution in [0.4, 0.5) is 5.13 Å². The van der Waals surface area contributed by atoms with Crippen molar-refractivity contribution in [3.63, 3.8) is 0 Å². The van der Waals surface area contributed by atoms with Crippen LogP contribution in [0, 0.1) is 11.3 Å². The molecule has 1 amide bonds. The van der Waals surface area contributed by atoms with Crippen molar-refractivity contribution in [3.8, 4) is 23.3 Å². The maximum Gasteiger partial charge on any atom is 0.230 e. The van der Waals surface area contributed by atoms with Gasteiger partial charge in [-0.15, -0.1) is 11.3 Å². The summed E-state index contributed by atoms with van der Waals surface area (Å²) in [5.41, 5.74) is 2.38. The molecule has 8 heteroatoms. The molecule has 0 aliphatic rings. The summed E-state index contributed by atoms with van der Waals surface area (Å²) in [5, 5.41) is 12.2. The van der Waals surface area contributed by atoms with Crippen LogP contribution in [-0.2, 0) is 17.6 Å². The maximum atomic E-state index is 12.5. The van der Waals surface area contributed by atoms with E-state index in [0.717, 1.165) is 10.4 Å². The minimum Gasteiger partial charge on any atom is -0.493 e. The lowest BCUT2D eigenvalue weighted by molar-refractivity contribution is -0.115. The molecule has 3 aromatic rings. The number of rotatable bonds is 8. The number of nitriles is 1. The minimum atomic E-state index is -0.209. The number of nitrogens with zero attached hydrogens (tertiary/aromatic N) is 2. The number of anilines is 1. The zero-order valence-corrected chi connectivity index (χ0v) is 17.7. The molecule has 7 nitrogen and oxygen atoms in total. The van der Waals surface area contributed by atoms with Gasteiger partial charge in [-0.3, -0.25) is 4.79 Å². The molecule has 0 spiro atoms. The third kappa shape index (κ3) is 4.88. The molecule has 0 fully saturated rings. The largest absolute Gasteiger partial charge is 0.493 e. The first-order valence-electron chi connectivity index (χ1n) is 9.09. The fourth-order valence-electron chi connectivity index (χ4n) is 2.98. The molecule has 1 heterocycles. The van der Waals surface area contributed by atoms with Gasteiger partial charge in [0.2, 0.25) is 11.7 Å². The van der Waals surface area contributed by atoms with E-state index < -0.39 is 0 Å². The van der Waals surface area contributed by atoms with E-state index in [9.17, 15) is 4.79 Å². The first-order valence-corrected chi connectivity index (χ1v) is 9.91. The number of aromatic nitrogens is 1. The fraction of sp³-hybridized carbons (Fsp3) is 0.227. The summed E-state index contributed by atoms with van der Waals surface area (Å²) in [6, 6.07) is 13.0. The van der Waals surface area contributed by atoms with Crippen LogP contribution in [0.3, 0.4) is 0 Å². The zero-order valence-electron chi connectivity index (χ0n) is 16.9. The average Bonchev–Trinajstić information content (AvgIpc) is 3.20. The Kier molecular flexibility index (Phi) is 6.88. The van der Waals surface area contributed by atoms with Gasteiger partial charge in [-0.2, -0.15) is 5.26 Å². The molecule has 0 saturated carbocycles. The van der Waals surface area contributed by atoms with E-state index in [0.29, 0.717) is 39.9 Å². The highest BCUT2D eigenvalue weighted by atomic mass is 32.1. The summed E-state index contributed by atoms with van der Waals surface area (Å²) in [6.45, 7) is 0. The second kappa shape index (κ2) is 9.76. The van der Waals surface area contributed by atoms with E-state index in [1.807, 2.05) is 12.1 Å². The molecular formula is C22H21N3O4S. The lowest BCUT2D eigenvalue weighted by Crippen LogP contribution is -2.15. The molecule has 0 radical (unpaired) electrons. The fourth-order valence-corrected chi connectivity index (χ4v) is 3.85. The van der Waals surface area contributed by atoms with Gasteiger partial charge in [0.25, 0.3) is 0 Å². The Morgan fingerprint density at radius 2 is 1.80 bits per heavy atom. The van der Waals surface area contributed by atoms with Crippen LogP contribution >= 0.6 is 11.3 Å². The summed E-state index contributed by atoms with van der Waals surface area (Å²) in [6.07, 6.45) is 2.53. The lowest BCUT2D eigenvalue weighted by Gasteiger charge is -2.15. The van der Waals surface area contributed by atoms with Crippen molar-refractivity contribution in [2.24, 2.45) is 0 Å². The van der Waals surface area contributed by atoms with E-state index >= 15 is 0 Å². The monoisotopic (exact) mass is 423 g/mol. The molecule has 0 unspecified atom stereocenters. The molecule has 0 aliphatic heterocycles.